The van der Waals surface area contributed by atoms with E-state index in [0.717, 1.165) is 19.3 Å². The summed E-state index contributed by atoms with van der Waals surface area (Å²) in [6.45, 7) is 0.393. The number of hydrogen-bond donors (Lipinski definition) is 3. The molecule has 2 atom stereocenters. The van der Waals surface area contributed by atoms with Crippen molar-refractivity contribution in [3.05, 3.63) is 59.7 Å². The quantitative estimate of drug-likeness (QED) is 0.705. The van der Waals surface area contributed by atoms with Crippen molar-refractivity contribution in [2.75, 3.05) is 18.4 Å². The zero-order valence-electron chi connectivity index (χ0n) is 14.9. The van der Waals surface area contributed by atoms with Crippen molar-refractivity contribution in [2.24, 2.45) is 11.7 Å². The average molecular weight is 385 g/mol. The molecular formula is C20H23N3O3S. The van der Waals surface area contributed by atoms with Gasteiger partial charge in [-0.3, -0.25) is 4.79 Å². The molecule has 0 aliphatic heterocycles. The number of hydrogen-bond acceptors (Lipinski definition) is 4. The van der Waals surface area contributed by atoms with Gasteiger partial charge in [0.15, 0.2) is 0 Å². The van der Waals surface area contributed by atoms with Crippen molar-refractivity contribution in [3.8, 4) is 0 Å². The molecule has 0 saturated heterocycles. The minimum Gasteiger partial charge on any atom is -0.329 e. The SMILES string of the molecule is NCCNS(=O)(=O)c1cccc(NC(=O)C2CC23CCc2ccccc23)c1. The monoisotopic (exact) mass is 385 g/mol. The van der Waals surface area contributed by atoms with E-state index in [2.05, 4.69) is 22.2 Å². The van der Waals surface area contributed by atoms with Crippen LogP contribution in [0.15, 0.2) is 53.4 Å². The molecule has 1 saturated carbocycles. The predicted octanol–water partition coefficient (Wildman–Crippen LogP) is 1.77. The first kappa shape index (κ1) is 18.2. The highest BCUT2D eigenvalue weighted by molar-refractivity contribution is 7.89. The van der Waals surface area contributed by atoms with Crippen molar-refractivity contribution >= 4 is 21.6 Å². The van der Waals surface area contributed by atoms with Crippen LogP contribution in [0.2, 0.25) is 0 Å². The van der Waals surface area contributed by atoms with Crippen LogP contribution in [0.1, 0.15) is 24.0 Å². The van der Waals surface area contributed by atoms with Crippen LogP contribution in [0.5, 0.6) is 0 Å². The molecule has 0 heterocycles. The molecule has 2 aliphatic rings. The van der Waals surface area contributed by atoms with Crippen molar-refractivity contribution in [1.82, 2.24) is 4.72 Å². The highest BCUT2D eigenvalue weighted by atomic mass is 32.2. The molecule has 4 N–H and O–H groups in total. The van der Waals surface area contributed by atoms with E-state index < -0.39 is 10.0 Å². The normalized spacial score (nSPS) is 23.2. The molecule has 2 aliphatic carbocycles. The number of nitrogens with two attached hydrogens (primary N) is 1. The Kier molecular flexibility index (Phi) is 4.53. The zero-order chi connectivity index (χ0) is 19.1. The molecule has 1 fully saturated rings. The molecule has 7 heteroatoms. The minimum atomic E-state index is -3.63. The summed E-state index contributed by atoms with van der Waals surface area (Å²) in [6, 6.07) is 14.7. The Hall–Kier alpha value is -2.22. The van der Waals surface area contributed by atoms with E-state index in [1.54, 1.807) is 12.1 Å². The first-order chi connectivity index (χ1) is 13.0. The number of nitrogens with one attached hydrogen (secondary N) is 2. The van der Waals surface area contributed by atoms with E-state index in [4.69, 9.17) is 5.73 Å². The van der Waals surface area contributed by atoms with Crippen LogP contribution in [-0.2, 0) is 26.7 Å². The second-order valence-electron chi connectivity index (χ2n) is 7.27. The van der Waals surface area contributed by atoms with E-state index in [1.807, 2.05) is 12.1 Å². The van der Waals surface area contributed by atoms with Gasteiger partial charge in [-0.25, -0.2) is 13.1 Å². The van der Waals surface area contributed by atoms with Gasteiger partial charge in [-0.05, 0) is 48.6 Å². The van der Waals surface area contributed by atoms with Crippen LogP contribution in [0.4, 0.5) is 5.69 Å². The Morgan fingerprint density at radius 1 is 1.19 bits per heavy atom. The summed E-state index contributed by atoms with van der Waals surface area (Å²) in [5, 5.41) is 2.90. The fourth-order valence-electron chi connectivity index (χ4n) is 4.19. The first-order valence-electron chi connectivity index (χ1n) is 9.15. The largest absolute Gasteiger partial charge is 0.329 e. The number of anilines is 1. The summed E-state index contributed by atoms with van der Waals surface area (Å²) in [6.07, 6.45) is 2.87. The topological polar surface area (TPSA) is 101 Å². The second kappa shape index (κ2) is 6.74. The third-order valence-electron chi connectivity index (χ3n) is 5.63. The number of aryl methyl sites for hydroxylation is 1. The lowest BCUT2D eigenvalue weighted by molar-refractivity contribution is -0.117. The van der Waals surface area contributed by atoms with Crippen LogP contribution < -0.4 is 15.8 Å². The van der Waals surface area contributed by atoms with Crippen molar-refractivity contribution < 1.29 is 13.2 Å². The molecule has 2 unspecified atom stereocenters. The number of rotatable bonds is 6. The van der Waals surface area contributed by atoms with Gasteiger partial charge >= 0.3 is 0 Å². The van der Waals surface area contributed by atoms with Gasteiger partial charge < -0.3 is 11.1 Å². The Morgan fingerprint density at radius 3 is 2.81 bits per heavy atom. The highest BCUT2D eigenvalue weighted by Gasteiger charge is 2.61. The van der Waals surface area contributed by atoms with Gasteiger partial charge in [-0.15, -0.1) is 0 Å². The summed E-state index contributed by atoms with van der Waals surface area (Å²) in [5.74, 6) is -0.104. The van der Waals surface area contributed by atoms with Gasteiger partial charge in [0.1, 0.15) is 0 Å². The number of benzene rings is 2. The first-order valence-corrected chi connectivity index (χ1v) is 10.6. The van der Waals surface area contributed by atoms with Crippen molar-refractivity contribution in [1.29, 1.82) is 0 Å². The van der Waals surface area contributed by atoms with E-state index in [1.165, 1.54) is 23.3 Å². The summed E-state index contributed by atoms with van der Waals surface area (Å²) < 4.78 is 26.9. The number of amides is 1. The molecule has 1 amide bonds. The molecule has 2 aromatic rings. The molecule has 0 aromatic heterocycles. The van der Waals surface area contributed by atoms with Crippen LogP contribution >= 0.6 is 0 Å². The summed E-state index contributed by atoms with van der Waals surface area (Å²) in [4.78, 5) is 12.9. The molecule has 2 aromatic carbocycles. The molecule has 6 nitrogen and oxygen atoms in total. The Balaban J connectivity index is 1.48. The molecule has 4 rings (SSSR count). The van der Waals surface area contributed by atoms with Gasteiger partial charge in [0.25, 0.3) is 0 Å². The van der Waals surface area contributed by atoms with Crippen LogP contribution in [0, 0.1) is 5.92 Å². The highest BCUT2D eigenvalue weighted by Crippen LogP contribution is 2.61. The van der Waals surface area contributed by atoms with Crippen molar-refractivity contribution in [3.63, 3.8) is 0 Å². The summed E-state index contributed by atoms with van der Waals surface area (Å²) in [7, 11) is -3.63. The lowest BCUT2D eigenvalue weighted by Crippen LogP contribution is -2.29. The second-order valence-corrected chi connectivity index (χ2v) is 9.04. The van der Waals surface area contributed by atoms with Crippen LogP contribution in [-0.4, -0.2) is 27.4 Å². The molecule has 142 valence electrons. The molecule has 0 bridgehead atoms. The average Bonchev–Trinajstić information content (AvgIpc) is 3.29. The molecule has 27 heavy (non-hydrogen) atoms. The standard InChI is InChI=1S/C20H23N3O3S/c21-10-11-22-27(25,26)16-6-3-5-15(12-16)23-19(24)18-13-20(18)9-8-14-4-1-2-7-17(14)20/h1-7,12,18,22H,8-11,13,21H2,(H,23,24). The van der Waals surface area contributed by atoms with Gasteiger partial charge in [0.05, 0.1) is 4.90 Å². The fourth-order valence-corrected chi connectivity index (χ4v) is 5.28. The van der Waals surface area contributed by atoms with Crippen LogP contribution in [0.3, 0.4) is 0 Å². The molecule has 0 radical (unpaired) electrons. The van der Waals surface area contributed by atoms with E-state index >= 15 is 0 Å². The number of carbonyl (C=O) groups excluding carboxylic acids is 1. The number of carbonyl (C=O) groups is 1. The Bertz CT molecular complexity index is 989. The predicted molar refractivity (Wildman–Crippen MR) is 104 cm³/mol. The summed E-state index contributed by atoms with van der Waals surface area (Å²) >= 11 is 0. The lowest BCUT2D eigenvalue weighted by Gasteiger charge is -2.12. The van der Waals surface area contributed by atoms with Crippen LogP contribution in [0.25, 0.3) is 0 Å². The number of fused-ring (bicyclic) bond motifs is 2. The minimum absolute atomic E-state index is 0.0347. The van der Waals surface area contributed by atoms with Crippen molar-refractivity contribution in [2.45, 2.75) is 29.6 Å². The molecular weight excluding hydrogens is 362 g/mol. The third kappa shape index (κ3) is 3.26. The lowest BCUT2D eigenvalue weighted by atomic mass is 9.95. The van der Waals surface area contributed by atoms with Gasteiger partial charge in [0.2, 0.25) is 15.9 Å². The smallest absolute Gasteiger partial charge is 0.240 e. The maximum atomic E-state index is 12.8. The van der Waals surface area contributed by atoms with E-state index in [9.17, 15) is 13.2 Å². The Morgan fingerprint density at radius 2 is 2.00 bits per heavy atom. The zero-order valence-corrected chi connectivity index (χ0v) is 15.8. The van der Waals surface area contributed by atoms with E-state index in [0.29, 0.717) is 5.69 Å². The number of sulfonamides is 1. The molecule has 1 spiro atoms. The Labute approximate surface area is 159 Å². The third-order valence-corrected chi connectivity index (χ3v) is 7.09. The van der Waals surface area contributed by atoms with E-state index in [-0.39, 0.29) is 35.2 Å². The maximum Gasteiger partial charge on any atom is 0.240 e. The maximum absolute atomic E-state index is 12.8. The van der Waals surface area contributed by atoms with Gasteiger partial charge in [-0.2, -0.15) is 0 Å². The fraction of sp³-hybridized carbons (Fsp3) is 0.350. The van der Waals surface area contributed by atoms with Gasteiger partial charge in [0, 0.05) is 30.1 Å². The van der Waals surface area contributed by atoms with Gasteiger partial charge in [-0.1, -0.05) is 30.3 Å². The summed E-state index contributed by atoms with van der Waals surface area (Å²) in [5.41, 5.74) is 8.45.